The molecule has 1 unspecified atom stereocenters. The van der Waals surface area contributed by atoms with E-state index in [0.29, 0.717) is 29.2 Å². The van der Waals surface area contributed by atoms with E-state index in [1.807, 2.05) is 30.3 Å². The van der Waals surface area contributed by atoms with E-state index in [0.717, 1.165) is 0 Å². The number of rotatable bonds is 5. The second-order valence-electron chi connectivity index (χ2n) is 5.83. The van der Waals surface area contributed by atoms with Crippen LogP contribution in [0.2, 0.25) is 0 Å². The van der Waals surface area contributed by atoms with Gasteiger partial charge in [-0.1, -0.05) is 24.3 Å². The van der Waals surface area contributed by atoms with Crippen molar-refractivity contribution < 1.29 is 17.1 Å². The summed E-state index contributed by atoms with van der Waals surface area (Å²) in [6, 6.07) is 19.0. The smallest absolute Gasteiger partial charge is 0.255 e. The molecule has 0 radical (unpaired) electrons. The van der Waals surface area contributed by atoms with Gasteiger partial charge < -0.3 is 17.1 Å². The minimum atomic E-state index is -0.881. The van der Waals surface area contributed by atoms with Crippen LogP contribution in [0.25, 0.3) is 0 Å². The molecule has 6 heteroatoms. The van der Waals surface area contributed by atoms with E-state index < -0.39 is 5.41 Å². The molecule has 0 saturated carbocycles. The molecule has 5 nitrogen and oxygen atoms in total. The van der Waals surface area contributed by atoms with Gasteiger partial charge in [-0.15, -0.1) is 0 Å². The number of hydrogen-bond donors (Lipinski definition) is 0. The lowest BCUT2D eigenvalue weighted by atomic mass is 9.81. The van der Waals surface area contributed by atoms with Crippen LogP contribution in [-0.2, 0) is 5.41 Å². The van der Waals surface area contributed by atoms with Crippen LogP contribution in [0.15, 0.2) is 65.9 Å². The molecule has 26 heavy (non-hydrogen) atoms. The first kappa shape index (κ1) is 19.0. The minimum Gasteiger partial charge on any atom is -1.00 e. The van der Waals surface area contributed by atoms with Crippen molar-refractivity contribution in [2.45, 2.75) is 12.3 Å². The van der Waals surface area contributed by atoms with Crippen LogP contribution in [-0.4, -0.2) is 17.8 Å². The third kappa shape index (κ3) is 3.99. The SMILES string of the molecule is CC(C#N)(CN1[C+]=NC=C1)c1ccc(Oc2ccccc2)cc1C#N.[Cl-]. The molecule has 0 spiro atoms. The van der Waals surface area contributed by atoms with Gasteiger partial charge in [0, 0.05) is 0 Å². The van der Waals surface area contributed by atoms with Gasteiger partial charge in [0.1, 0.15) is 16.9 Å². The highest BCUT2D eigenvalue weighted by atomic mass is 35.5. The van der Waals surface area contributed by atoms with E-state index >= 15 is 0 Å². The Labute approximate surface area is 158 Å². The van der Waals surface area contributed by atoms with Crippen LogP contribution in [0.5, 0.6) is 11.5 Å². The first-order chi connectivity index (χ1) is 12.1. The molecule has 0 aliphatic carbocycles. The van der Waals surface area contributed by atoms with Crippen molar-refractivity contribution in [1.29, 1.82) is 10.5 Å². The lowest BCUT2D eigenvalue weighted by Crippen LogP contribution is -3.00. The van der Waals surface area contributed by atoms with Gasteiger partial charge in [0.15, 0.2) is 6.20 Å². The zero-order chi connectivity index (χ0) is 17.7. The molecule has 0 amide bonds. The Bertz CT molecular complexity index is 900. The van der Waals surface area contributed by atoms with Gasteiger partial charge in [0.05, 0.1) is 24.2 Å². The van der Waals surface area contributed by atoms with Gasteiger partial charge in [0.25, 0.3) is 6.34 Å². The Morgan fingerprint density at radius 1 is 1.15 bits per heavy atom. The second-order valence-corrected chi connectivity index (χ2v) is 5.83. The average Bonchev–Trinajstić information content (AvgIpc) is 3.15. The molecule has 0 saturated heterocycles. The molecule has 2 aromatic carbocycles. The van der Waals surface area contributed by atoms with Crippen molar-refractivity contribution >= 4 is 6.34 Å². The molecule has 1 heterocycles. The monoisotopic (exact) mass is 362 g/mol. The number of hydrogen-bond acceptors (Lipinski definition) is 5. The van der Waals surface area contributed by atoms with E-state index in [4.69, 9.17) is 4.74 Å². The van der Waals surface area contributed by atoms with Crippen LogP contribution in [0.1, 0.15) is 18.1 Å². The predicted molar refractivity (Wildman–Crippen MR) is 93.9 cm³/mol. The largest absolute Gasteiger partial charge is 1.00 e. The van der Waals surface area contributed by atoms with Crippen molar-refractivity contribution in [3.05, 3.63) is 72.1 Å². The summed E-state index contributed by atoms with van der Waals surface area (Å²) >= 11 is 0. The number of nitriles is 2. The van der Waals surface area contributed by atoms with Crippen LogP contribution in [0, 0.1) is 22.7 Å². The number of ether oxygens (including phenoxy) is 1. The maximum Gasteiger partial charge on any atom is 0.255 e. The molecule has 1 aliphatic heterocycles. The van der Waals surface area contributed by atoms with Crippen molar-refractivity contribution in [2.24, 2.45) is 4.99 Å². The third-order valence-corrected chi connectivity index (χ3v) is 3.93. The van der Waals surface area contributed by atoms with Crippen molar-refractivity contribution in [1.82, 2.24) is 4.90 Å². The quantitative estimate of drug-likeness (QED) is 0.738. The lowest BCUT2D eigenvalue weighted by Gasteiger charge is -2.24. The van der Waals surface area contributed by atoms with Gasteiger partial charge in [-0.05, 0) is 41.7 Å². The predicted octanol–water partition coefficient (Wildman–Crippen LogP) is 0.828. The number of halogens is 1. The summed E-state index contributed by atoms with van der Waals surface area (Å²) in [5.74, 6) is 1.25. The maximum absolute atomic E-state index is 9.72. The van der Waals surface area contributed by atoms with Crippen LogP contribution >= 0.6 is 0 Å². The molecular weight excluding hydrogens is 348 g/mol. The Hall–Kier alpha value is -3.37. The molecule has 0 bridgehead atoms. The molecule has 0 N–H and O–H groups in total. The maximum atomic E-state index is 9.72. The third-order valence-electron chi connectivity index (χ3n) is 3.93. The number of para-hydroxylation sites is 1. The Kier molecular flexibility index (Phi) is 5.94. The molecule has 1 atom stereocenters. The highest BCUT2D eigenvalue weighted by molar-refractivity contribution is 5.61. The van der Waals surface area contributed by atoms with E-state index in [9.17, 15) is 10.5 Å². The highest BCUT2D eigenvalue weighted by Gasteiger charge is 2.34. The van der Waals surface area contributed by atoms with Crippen molar-refractivity contribution in [3.8, 4) is 23.6 Å². The average molecular weight is 363 g/mol. The van der Waals surface area contributed by atoms with Gasteiger partial charge in [-0.2, -0.15) is 15.4 Å². The van der Waals surface area contributed by atoms with Gasteiger partial charge >= 0.3 is 0 Å². The van der Waals surface area contributed by atoms with Crippen LogP contribution < -0.4 is 17.1 Å². The standard InChI is InChI=1S/C20H15N4O.ClH/c1-20(13-22,14-24-10-9-23-15-24)19-8-7-18(11-16(19)12-21)25-17-5-3-2-4-6-17;/h2-11H,14H2,1H3;1H/q+1;/p-1. The van der Waals surface area contributed by atoms with E-state index in [1.54, 1.807) is 42.4 Å². The summed E-state index contributed by atoms with van der Waals surface area (Å²) in [4.78, 5) is 5.59. The Morgan fingerprint density at radius 2 is 1.92 bits per heavy atom. The van der Waals surface area contributed by atoms with E-state index in [-0.39, 0.29) is 12.4 Å². The summed E-state index contributed by atoms with van der Waals surface area (Å²) in [6.45, 7) is 2.16. The molecule has 1 aliphatic rings. The second kappa shape index (κ2) is 8.14. The summed E-state index contributed by atoms with van der Waals surface area (Å²) in [5, 5.41) is 19.3. The van der Waals surface area contributed by atoms with Crippen molar-refractivity contribution in [3.63, 3.8) is 0 Å². The number of benzene rings is 2. The zero-order valence-corrected chi connectivity index (χ0v) is 14.8. The van der Waals surface area contributed by atoms with Crippen LogP contribution in [0.3, 0.4) is 0 Å². The summed E-state index contributed by atoms with van der Waals surface area (Å²) in [6.07, 6.45) is 6.14. The fraction of sp³-hybridized carbons (Fsp3) is 0.150. The summed E-state index contributed by atoms with van der Waals surface area (Å²) in [5.41, 5.74) is 0.186. The summed E-state index contributed by atoms with van der Waals surface area (Å²) in [7, 11) is 0. The molecule has 0 aromatic heterocycles. The molecular formula is C20H15ClN4O. The lowest BCUT2D eigenvalue weighted by molar-refractivity contribution is -0.00000609. The van der Waals surface area contributed by atoms with Gasteiger partial charge in [-0.25, -0.2) is 0 Å². The first-order valence-corrected chi connectivity index (χ1v) is 7.72. The Balaban J connectivity index is 0.00000243. The van der Waals surface area contributed by atoms with Crippen molar-refractivity contribution in [2.75, 3.05) is 6.54 Å². The summed E-state index contributed by atoms with van der Waals surface area (Å²) < 4.78 is 5.77. The van der Waals surface area contributed by atoms with E-state index in [2.05, 4.69) is 23.5 Å². The molecule has 0 fully saturated rings. The first-order valence-electron chi connectivity index (χ1n) is 7.72. The topological polar surface area (TPSA) is 72.4 Å². The molecule has 2 aromatic rings. The zero-order valence-electron chi connectivity index (χ0n) is 14.1. The fourth-order valence-electron chi connectivity index (χ4n) is 2.65. The van der Waals surface area contributed by atoms with E-state index in [1.165, 1.54) is 0 Å². The molecule has 128 valence electrons. The Morgan fingerprint density at radius 3 is 2.54 bits per heavy atom. The van der Waals surface area contributed by atoms with Gasteiger partial charge in [-0.3, -0.25) is 0 Å². The van der Waals surface area contributed by atoms with Crippen LogP contribution in [0.4, 0.5) is 0 Å². The minimum absolute atomic E-state index is 0. The fourth-order valence-corrected chi connectivity index (χ4v) is 2.65. The normalized spacial score (nSPS) is 13.7. The number of nitrogens with zero attached hydrogens (tertiary/aromatic N) is 4. The molecule has 3 rings (SSSR count). The van der Waals surface area contributed by atoms with Gasteiger partial charge in [0.2, 0.25) is 6.20 Å². The highest BCUT2D eigenvalue weighted by Crippen LogP contribution is 2.31. The number of aliphatic imine (C=N–C) groups is 1.